The SMILES string of the molecule is C=N/C(C)=C/C=C\C=N/CC. The Bertz CT molecular complexity index is 188. The minimum Gasteiger partial charge on any atom is -0.293 e. The van der Waals surface area contributed by atoms with E-state index in [9.17, 15) is 0 Å². The summed E-state index contributed by atoms with van der Waals surface area (Å²) in [5, 5.41) is 0. The van der Waals surface area contributed by atoms with Crippen molar-refractivity contribution in [3.8, 4) is 0 Å². The van der Waals surface area contributed by atoms with Gasteiger partial charge in [-0.05, 0) is 32.7 Å². The minimum atomic E-state index is 0.826. The van der Waals surface area contributed by atoms with Crippen LogP contribution in [0, 0.1) is 0 Å². The molecule has 2 nitrogen and oxygen atoms in total. The smallest absolute Gasteiger partial charge is 0.0365 e. The zero-order valence-corrected chi connectivity index (χ0v) is 7.12. The summed E-state index contributed by atoms with van der Waals surface area (Å²) in [4.78, 5) is 7.73. The van der Waals surface area contributed by atoms with E-state index in [0.29, 0.717) is 0 Å². The van der Waals surface area contributed by atoms with Crippen LogP contribution in [0.4, 0.5) is 0 Å². The number of hydrogen-bond donors (Lipinski definition) is 0. The van der Waals surface area contributed by atoms with Gasteiger partial charge in [0.15, 0.2) is 0 Å². The molecule has 0 aliphatic heterocycles. The fraction of sp³-hybridized carbons (Fsp3) is 0.333. The quantitative estimate of drug-likeness (QED) is 0.433. The van der Waals surface area contributed by atoms with E-state index in [2.05, 4.69) is 16.7 Å². The molecule has 0 aliphatic rings. The summed E-state index contributed by atoms with van der Waals surface area (Å²) in [7, 11) is 0. The van der Waals surface area contributed by atoms with E-state index in [-0.39, 0.29) is 0 Å². The molecule has 0 saturated heterocycles. The fourth-order valence-electron chi connectivity index (χ4n) is 0.463. The van der Waals surface area contributed by atoms with Crippen molar-refractivity contribution in [3.05, 3.63) is 23.9 Å². The van der Waals surface area contributed by atoms with Gasteiger partial charge in [-0.1, -0.05) is 6.08 Å². The van der Waals surface area contributed by atoms with Gasteiger partial charge in [0, 0.05) is 18.5 Å². The van der Waals surface area contributed by atoms with E-state index in [1.165, 1.54) is 0 Å². The Hall–Kier alpha value is -1.18. The zero-order chi connectivity index (χ0) is 8.53. The molecule has 0 unspecified atom stereocenters. The van der Waals surface area contributed by atoms with Crippen LogP contribution in [-0.4, -0.2) is 19.5 Å². The van der Waals surface area contributed by atoms with Crippen LogP contribution >= 0.6 is 0 Å². The van der Waals surface area contributed by atoms with E-state index in [4.69, 9.17) is 0 Å². The Balaban J connectivity index is 3.76. The van der Waals surface area contributed by atoms with Gasteiger partial charge in [0.2, 0.25) is 0 Å². The fourth-order valence-corrected chi connectivity index (χ4v) is 0.463. The van der Waals surface area contributed by atoms with Gasteiger partial charge in [-0.2, -0.15) is 0 Å². The highest BCUT2D eigenvalue weighted by molar-refractivity contribution is 5.71. The summed E-state index contributed by atoms with van der Waals surface area (Å²) in [6.45, 7) is 8.11. The molecule has 0 saturated carbocycles. The molecule has 0 aliphatic carbocycles. The normalized spacial score (nSPS) is 13.1. The number of allylic oxidation sites excluding steroid dienone is 4. The third-order valence-corrected chi connectivity index (χ3v) is 1.07. The number of rotatable bonds is 4. The molecule has 0 radical (unpaired) electrons. The minimum absolute atomic E-state index is 0.826. The molecule has 0 bridgehead atoms. The Kier molecular flexibility index (Phi) is 6.19. The summed E-state index contributed by atoms with van der Waals surface area (Å²) in [5.41, 5.74) is 0.908. The average molecular weight is 150 g/mol. The Morgan fingerprint density at radius 2 is 2.18 bits per heavy atom. The highest BCUT2D eigenvalue weighted by atomic mass is 14.7. The molecule has 0 aromatic heterocycles. The molecule has 0 fully saturated rings. The summed E-state index contributed by atoms with van der Waals surface area (Å²) < 4.78 is 0. The first-order valence-corrected chi connectivity index (χ1v) is 3.61. The molecular weight excluding hydrogens is 136 g/mol. The monoisotopic (exact) mass is 150 g/mol. The number of hydrogen-bond acceptors (Lipinski definition) is 2. The van der Waals surface area contributed by atoms with E-state index in [0.717, 1.165) is 12.2 Å². The molecule has 0 aromatic rings. The van der Waals surface area contributed by atoms with E-state index >= 15 is 0 Å². The Labute approximate surface area is 68.1 Å². The second-order valence-corrected chi connectivity index (χ2v) is 2.00. The van der Waals surface area contributed by atoms with E-state index in [1.807, 2.05) is 32.1 Å². The predicted molar refractivity (Wildman–Crippen MR) is 51.5 cm³/mol. The lowest BCUT2D eigenvalue weighted by atomic mass is 10.4. The number of aliphatic imine (C=N–C) groups is 2. The summed E-state index contributed by atoms with van der Waals surface area (Å²) in [5.74, 6) is 0. The average Bonchev–Trinajstić information content (AvgIpc) is 2.04. The van der Waals surface area contributed by atoms with Crippen molar-refractivity contribution in [1.29, 1.82) is 0 Å². The molecule has 0 rings (SSSR count). The van der Waals surface area contributed by atoms with Crippen LogP contribution in [0.3, 0.4) is 0 Å². The first-order valence-electron chi connectivity index (χ1n) is 3.61. The second-order valence-electron chi connectivity index (χ2n) is 2.00. The standard InChI is InChI=1S/C9H14N2/c1-4-11-8-6-5-7-9(2)10-3/h5-8H,3-4H2,1-2H3/b6-5-,9-7+,11-8-. The van der Waals surface area contributed by atoms with Crippen molar-refractivity contribution in [1.82, 2.24) is 0 Å². The van der Waals surface area contributed by atoms with Crippen LogP contribution in [0.1, 0.15) is 13.8 Å². The topological polar surface area (TPSA) is 24.7 Å². The van der Waals surface area contributed by atoms with E-state index < -0.39 is 0 Å². The van der Waals surface area contributed by atoms with Crippen molar-refractivity contribution in [2.45, 2.75) is 13.8 Å². The van der Waals surface area contributed by atoms with Gasteiger partial charge in [0.1, 0.15) is 0 Å². The number of nitrogens with zero attached hydrogens (tertiary/aromatic N) is 2. The lowest BCUT2D eigenvalue weighted by molar-refractivity contribution is 1.14. The summed E-state index contributed by atoms with van der Waals surface area (Å²) in [6, 6.07) is 0. The highest BCUT2D eigenvalue weighted by Gasteiger charge is 1.72. The van der Waals surface area contributed by atoms with Crippen molar-refractivity contribution in [3.63, 3.8) is 0 Å². The molecule has 0 heterocycles. The molecular formula is C9H14N2. The van der Waals surface area contributed by atoms with Crippen LogP contribution in [0.15, 0.2) is 33.9 Å². The predicted octanol–water partition coefficient (Wildman–Crippen LogP) is 2.24. The van der Waals surface area contributed by atoms with Crippen molar-refractivity contribution in [2.24, 2.45) is 9.98 Å². The molecule has 0 spiro atoms. The van der Waals surface area contributed by atoms with Crippen molar-refractivity contribution < 1.29 is 0 Å². The molecule has 2 heteroatoms. The second kappa shape index (κ2) is 6.93. The highest BCUT2D eigenvalue weighted by Crippen LogP contribution is 1.91. The Morgan fingerprint density at radius 3 is 2.73 bits per heavy atom. The van der Waals surface area contributed by atoms with Crippen molar-refractivity contribution in [2.75, 3.05) is 6.54 Å². The lowest BCUT2D eigenvalue weighted by Gasteiger charge is -1.82. The largest absolute Gasteiger partial charge is 0.293 e. The van der Waals surface area contributed by atoms with Crippen LogP contribution < -0.4 is 0 Å². The molecule has 0 N–H and O–H groups in total. The molecule has 60 valence electrons. The van der Waals surface area contributed by atoms with Crippen molar-refractivity contribution >= 4 is 12.9 Å². The first-order chi connectivity index (χ1) is 5.31. The van der Waals surface area contributed by atoms with Gasteiger partial charge in [-0.15, -0.1) is 0 Å². The zero-order valence-electron chi connectivity index (χ0n) is 7.12. The summed E-state index contributed by atoms with van der Waals surface area (Å²) in [6.07, 6.45) is 7.42. The van der Waals surface area contributed by atoms with Crippen LogP contribution in [-0.2, 0) is 0 Å². The van der Waals surface area contributed by atoms with E-state index in [1.54, 1.807) is 6.21 Å². The lowest BCUT2D eigenvalue weighted by Crippen LogP contribution is -1.68. The van der Waals surface area contributed by atoms with Crippen LogP contribution in [0.25, 0.3) is 0 Å². The van der Waals surface area contributed by atoms with Crippen LogP contribution in [0.2, 0.25) is 0 Å². The third-order valence-electron chi connectivity index (χ3n) is 1.07. The maximum atomic E-state index is 4.01. The van der Waals surface area contributed by atoms with Gasteiger partial charge in [0.25, 0.3) is 0 Å². The Morgan fingerprint density at radius 1 is 1.45 bits per heavy atom. The molecule has 0 aromatic carbocycles. The van der Waals surface area contributed by atoms with Gasteiger partial charge >= 0.3 is 0 Å². The molecule has 11 heavy (non-hydrogen) atoms. The van der Waals surface area contributed by atoms with Crippen LogP contribution in [0.5, 0.6) is 0 Å². The molecule has 0 amide bonds. The van der Waals surface area contributed by atoms with Gasteiger partial charge in [-0.3, -0.25) is 9.98 Å². The third kappa shape index (κ3) is 6.71. The molecule has 0 atom stereocenters. The summed E-state index contributed by atoms with van der Waals surface area (Å²) >= 11 is 0. The maximum Gasteiger partial charge on any atom is 0.0365 e. The first kappa shape index (κ1) is 9.82. The van der Waals surface area contributed by atoms with Gasteiger partial charge in [0.05, 0.1) is 0 Å². The van der Waals surface area contributed by atoms with Gasteiger partial charge in [-0.25, -0.2) is 0 Å². The van der Waals surface area contributed by atoms with Gasteiger partial charge < -0.3 is 0 Å². The maximum absolute atomic E-state index is 4.01.